The van der Waals surface area contributed by atoms with Crippen LogP contribution in [-0.4, -0.2) is 75.0 Å². The molecule has 20 heteroatoms. The number of phenolic OH excluding ortho intramolecular Hbond substituents is 3. The molecule has 0 heterocycles. The van der Waals surface area contributed by atoms with E-state index in [1.165, 1.54) is 48.5 Å². The lowest BCUT2D eigenvalue weighted by molar-refractivity contribution is -0.115. The first-order chi connectivity index (χ1) is 25.5. The molecule has 2 amide bonds. The highest BCUT2D eigenvalue weighted by Gasteiger charge is 2.21. The Labute approximate surface area is 342 Å². The van der Waals surface area contributed by atoms with Crippen LogP contribution in [0.25, 0.3) is 11.1 Å². The van der Waals surface area contributed by atoms with Crippen LogP contribution in [0.15, 0.2) is 88.9 Å². The summed E-state index contributed by atoms with van der Waals surface area (Å²) >= 11 is 13.0. The van der Waals surface area contributed by atoms with Crippen LogP contribution in [0.5, 0.6) is 23.0 Å². The molecule has 0 aliphatic rings. The van der Waals surface area contributed by atoms with Crippen molar-refractivity contribution >= 4 is 97.4 Å². The van der Waals surface area contributed by atoms with Gasteiger partial charge in [0.25, 0.3) is 22.2 Å². The second kappa shape index (κ2) is 18.9. The lowest BCUT2D eigenvalue weighted by atomic mass is 9.95. The lowest BCUT2D eigenvalue weighted by Crippen LogP contribution is -2.33. The Morgan fingerprint density at radius 1 is 0.648 bits per heavy atom. The number of nitrogens with one attached hydrogen (secondary N) is 2. The molecule has 0 aliphatic carbocycles. The highest BCUT2D eigenvalue weighted by atomic mass is 79.9. The van der Waals surface area contributed by atoms with Crippen molar-refractivity contribution < 1.29 is 52.5 Å². The number of nitrogens with zero attached hydrogens (tertiary/aromatic N) is 2. The van der Waals surface area contributed by atoms with Gasteiger partial charge in [-0.2, -0.15) is 0 Å². The zero-order valence-corrected chi connectivity index (χ0v) is 34.7. The molecular formula is C34H29Br4N4O11S-. The summed E-state index contributed by atoms with van der Waals surface area (Å²) in [6, 6.07) is 15.2. The fourth-order valence-electron chi connectivity index (χ4n) is 5.06. The Hall–Kier alpha value is -4.21. The second-order valence-corrected chi connectivity index (χ2v) is 15.8. The summed E-state index contributed by atoms with van der Waals surface area (Å²) in [5.41, 5.74) is 2.03. The minimum absolute atomic E-state index is 0.0805. The highest BCUT2D eigenvalue weighted by molar-refractivity contribution is 9.11. The number of hydrogen-bond donors (Lipinski definition) is 7. The maximum absolute atomic E-state index is 12.9. The van der Waals surface area contributed by atoms with Gasteiger partial charge in [-0.05, 0) is 147 Å². The molecule has 15 nitrogen and oxygen atoms in total. The van der Waals surface area contributed by atoms with Gasteiger partial charge in [0.15, 0.2) is 5.75 Å². The Morgan fingerprint density at radius 3 is 1.48 bits per heavy atom. The molecule has 0 saturated carbocycles. The molecule has 0 radical (unpaired) electrons. The largest absolute Gasteiger partial charge is 0.716 e. The zero-order valence-electron chi connectivity index (χ0n) is 27.5. The summed E-state index contributed by atoms with van der Waals surface area (Å²) in [6.45, 7) is 0.282. The van der Waals surface area contributed by atoms with Crippen LogP contribution in [0.1, 0.15) is 22.3 Å². The maximum Gasteiger partial charge on any atom is 0.269 e. The van der Waals surface area contributed by atoms with Crippen LogP contribution in [0, 0.1) is 0 Å². The van der Waals surface area contributed by atoms with Crippen molar-refractivity contribution in [3.8, 4) is 34.1 Å². The van der Waals surface area contributed by atoms with E-state index in [4.69, 9.17) is 0 Å². The molecule has 0 aliphatic heterocycles. The van der Waals surface area contributed by atoms with Crippen LogP contribution >= 0.6 is 63.7 Å². The van der Waals surface area contributed by atoms with Crippen molar-refractivity contribution in [1.82, 2.24) is 10.6 Å². The molecular weight excluding hydrogens is 992 g/mol. The van der Waals surface area contributed by atoms with E-state index in [1.807, 2.05) is 0 Å². The molecule has 0 atom stereocenters. The molecule has 4 aromatic carbocycles. The smallest absolute Gasteiger partial charge is 0.269 e. The van der Waals surface area contributed by atoms with E-state index in [0.717, 1.165) is 5.56 Å². The Kier molecular flexibility index (Phi) is 14.9. The Bertz CT molecular complexity index is 2250. The molecule has 4 rings (SSSR count). The molecule has 4 aromatic rings. The van der Waals surface area contributed by atoms with Gasteiger partial charge in [-0.15, -0.1) is 0 Å². The van der Waals surface area contributed by atoms with E-state index < -0.39 is 22.2 Å². The molecule has 0 fully saturated rings. The molecule has 0 bridgehead atoms. The first-order valence-electron chi connectivity index (χ1n) is 15.4. The van der Waals surface area contributed by atoms with Crippen LogP contribution in [0.4, 0.5) is 0 Å². The van der Waals surface area contributed by atoms with Crippen LogP contribution in [-0.2, 0) is 45.7 Å². The van der Waals surface area contributed by atoms with Gasteiger partial charge in [0.2, 0.25) is 0 Å². The average molecular weight is 1020 g/mol. The summed E-state index contributed by atoms with van der Waals surface area (Å²) in [5, 5.41) is 62.7. The number of aromatic hydroxyl groups is 3. The first-order valence-corrected chi connectivity index (χ1v) is 19.9. The number of carbonyl (C=O) groups is 2. The van der Waals surface area contributed by atoms with E-state index in [2.05, 4.69) is 88.8 Å². The number of benzene rings is 4. The summed E-state index contributed by atoms with van der Waals surface area (Å²) in [7, 11) is -4.97. The van der Waals surface area contributed by atoms with Gasteiger partial charge in [0.05, 0.1) is 17.9 Å². The fraction of sp³-hybridized carbons (Fsp3) is 0.176. The van der Waals surface area contributed by atoms with E-state index in [9.17, 15) is 48.3 Å². The third-order valence-corrected chi connectivity index (χ3v) is 10.5. The number of carbonyl (C=O) groups excluding carboxylic acids is 2. The summed E-state index contributed by atoms with van der Waals surface area (Å²) in [6.07, 6.45) is 0.325. The Morgan fingerprint density at radius 2 is 1.07 bits per heavy atom. The number of amides is 2. The molecule has 286 valence electrons. The number of halogens is 4. The highest BCUT2D eigenvalue weighted by Crippen LogP contribution is 2.44. The van der Waals surface area contributed by atoms with Crippen molar-refractivity contribution in [3.63, 3.8) is 0 Å². The van der Waals surface area contributed by atoms with Gasteiger partial charge in [-0.1, -0.05) is 22.4 Å². The van der Waals surface area contributed by atoms with Crippen LogP contribution in [0.2, 0.25) is 0 Å². The number of rotatable bonds is 15. The first kappa shape index (κ1) is 42.5. The zero-order chi connectivity index (χ0) is 39.7. The molecule has 54 heavy (non-hydrogen) atoms. The lowest BCUT2D eigenvalue weighted by Gasteiger charge is -2.15. The van der Waals surface area contributed by atoms with Gasteiger partial charge in [-0.3, -0.25) is 9.59 Å². The van der Waals surface area contributed by atoms with E-state index in [1.54, 1.807) is 12.1 Å². The van der Waals surface area contributed by atoms with Gasteiger partial charge >= 0.3 is 0 Å². The molecule has 0 aromatic heterocycles. The standard InChI is InChI=1S/C34H30Br4N4O11S/c35-23-11-17(1-3-29(23)43)5-7-39-33(46)27(41-48)15-19-9-21(31(44)25(37)13-19)22-10-20(14-26(38)32(22)45)16-28(42-49)34(47)40-8-6-18-2-4-30(24(36)12-18)53-54(50,51)52/h1-4,9-14,43-45,48-49H,5-8,15-16H2,(H,39,46)(H,40,47)(H,50,51,52)/p-1/b41-27+,42-28+. The third-order valence-electron chi connectivity index (χ3n) is 7.64. The van der Waals surface area contributed by atoms with E-state index in [0.29, 0.717) is 27.6 Å². The molecule has 0 spiro atoms. The second-order valence-electron chi connectivity index (χ2n) is 11.4. The maximum atomic E-state index is 12.9. The number of phenols is 3. The van der Waals surface area contributed by atoms with Crippen LogP contribution in [0.3, 0.4) is 0 Å². The average Bonchev–Trinajstić information content (AvgIpc) is 3.11. The van der Waals surface area contributed by atoms with E-state index >= 15 is 0 Å². The molecule has 0 saturated heterocycles. The van der Waals surface area contributed by atoms with Gasteiger partial charge in [0.1, 0.15) is 28.7 Å². The summed E-state index contributed by atoms with van der Waals surface area (Å²) in [4.78, 5) is 25.8. The predicted molar refractivity (Wildman–Crippen MR) is 210 cm³/mol. The van der Waals surface area contributed by atoms with Crippen molar-refractivity contribution in [2.45, 2.75) is 25.7 Å². The van der Waals surface area contributed by atoms with Gasteiger partial charge < -0.3 is 45.1 Å². The topological polar surface area (TPSA) is 250 Å². The Balaban J connectivity index is 1.45. The van der Waals surface area contributed by atoms with E-state index in [-0.39, 0.29) is 91.3 Å². The van der Waals surface area contributed by atoms with Crippen molar-refractivity contribution in [2.24, 2.45) is 10.3 Å². The monoisotopic (exact) mass is 1020 g/mol. The summed E-state index contributed by atoms with van der Waals surface area (Å²) in [5.74, 6) is -2.00. The van der Waals surface area contributed by atoms with Crippen molar-refractivity contribution in [3.05, 3.63) is 101 Å². The van der Waals surface area contributed by atoms with Gasteiger partial charge in [0, 0.05) is 37.1 Å². The fourth-order valence-corrected chi connectivity index (χ4v) is 7.48. The van der Waals surface area contributed by atoms with Crippen molar-refractivity contribution in [2.75, 3.05) is 13.1 Å². The predicted octanol–water partition coefficient (Wildman–Crippen LogP) is 5.82. The normalized spacial score (nSPS) is 12.0. The van der Waals surface area contributed by atoms with Crippen LogP contribution < -0.4 is 14.8 Å². The molecule has 0 unspecified atom stereocenters. The minimum atomic E-state index is -4.97. The number of oxime groups is 2. The van der Waals surface area contributed by atoms with Gasteiger partial charge in [-0.25, -0.2) is 8.42 Å². The molecule has 7 N–H and O–H groups in total. The quantitative estimate of drug-likeness (QED) is 0.0246. The summed E-state index contributed by atoms with van der Waals surface area (Å²) < 4.78 is 38.1. The third kappa shape index (κ3) is 11.6. The minimum Gasteiger partial charge on any atom is -0.716 e. The SMILES string of the molecule is O=C(NCCc1ccc(O)c(Br)c1)/C(Cc1cc(Br)c(O)c(-c2cc(C/C(=N\O)C(=O)NCCc3ccc(OS(=O)(=O)[O-])c(Br)c3)cc(Br)c2O)c1)=N/O. The number of hydrogen-bond acceptors (Lipinski definition) is 13. The van der Waals surface area contributed by atoms with Crippen molar-refractivity contribution in [1.29, 1.82) is 0 Å².